The van der Waals surface area contributed by atoms with Gasteiger partial charge in [-0.2, -0.15) is 0 Å². The lowest BCUT2D eigenvalue weighted by atomic mass is 9.59. The van der Waals surface area contributed by atoms with Crippen LogP contribution in [-0.2, 0) is 47.4 Å². The van der Waals surface area contributed by atoms with Crippen molar-refractivity contribution in [1.29, 1.82) is 0 Å². The molecular formula is C51H56ClN3O5. The Kier molecular flexibility index (Phi) is 12.5. The van der Waals surface area contributed by atoms with Crippen molar-refractivity contribution >= 4 is 29.2 Å². The maximum absolute atomic E-state index is 13.1. The number of halogens is 1. The van der Waals surface area contributed by atoms with Crippen molar-refractivity contribution in [3.63, 3.8) is 0 Å². The molecule has 3 N–H and O–H groups in total. The normalized spacial score (nSPS) is 22.3. The summed E-state index contributed by atoms with van der Waals surface area (Å²) in [4.78, 5) is 30.4. The second-order valence-electron chi connectivity index (χ2n) is 17.6. The third-order valence-corrected chi connectivity index (χ3v) is 13.6. The molecule has 1 saturated carbocycles. The number of pyridine rings is 1. The lowest BCUT2D eigenvalue weighted by Crippen LogP contribution is -2.53. The van der Waals surface area contributed by atoms with Crippen molar-refractivity contribution in [2.24, 2.45) is 11.8 Å². The van der Waals surface area contributed by atoms with Gasteiger partial charge in [-0.1, -0.05) is 92.2 Å². The number of carboxylic acids is 1. The number of nitrogens with one attached hydrogen (secondary N) is 2. The summed E-state index contributed by atoms with van der Waals surface area (Å²) in [6.07, 6.45) is 9.89. The first-order valence-electron chi connectivity index (χ1n) is 21.6. The Morgan fingerprint density at radius 3 is 2.48 bits per heavy atom. The van der Waals surface area contributed by atoms with E-state index in [1.165, 1.54) is 28.8 Å². The fourth-order valence-electron chi connectivity index (χ4n) is 10.2. The number of ether oxygens (including phenoxy) is 2. The van der Waals surface area contributed by atoms with Gasteiger partial charge in [0.05, 0.1) is 13.0 Å². The van der Waals surface area contributed by atoms with Gasteiger partial charge in [-0.05, 0) is 145 Å². The molecule has 4 aromatic carbocycles. The zero-order valence-corrected chi connectivity index (χ0v) is 35.5. The molecule has 1 aromatic heterocycles. The van der Waals surface area contributed by atoms with Crippen molar-refractivity contribution in [2.75, 3.05) is 11.9 Å². The van der Waals surface area contributed by atoms with Gasteiger partial charge in [-0.15, -0.1) is 0 Å². The minimum absolute atomic E-state index is 0.0133. The van der Waals surface area contributed by atoms with Crippen LogP contribution in [0.1, 0.15) is 104 Å². The van der Waals surface area contributed by atoms with E-state index in [-0.39, 0.29) is 17.2 Å². The second-order valence-corrected chi connectivity index (χ2v) is 18.0. The lowest BCUT2D eigenvalue weighted by Gasteiger charge is -2.47. The van der Waals surface area contributed by atoms with E-state index in [2.05, 4.69) is 53.7 Å². The van der Waals surface area contributed by atoms with Gasteiger partial charge in [0.25, 0.3) is 0 Å². The molecule has 5 aromatic rings. The summed E-state index contributed by atoms with van der Waals surface area (Å²) in [5.74, 6) is 1.97. The van der Waals surface area contributed by atoms with E-state index >= 15 is 0 Å². The van der Waals surface area contributed by atoms with E-state index in [0.29, 0.717) is 55.9 Å². The predicted molar refractivity (Wildman–Crippen MR) is 237 cm³/mol. The number of carbonyl (C=O) groups is 2. The van der Waals surface area contributed by atoms with Crippen LogP contribution in [0.4, 0.5) is 5.69 Å². The summed E-state index contributed by atoms with van der Waals surface area (Å²) in [6.45, 7) is 6.02. The Morgan fingerprint density at radius 2 is 1.68 bits per heavy atom. The number of hydrogen-bond acceptors (Lipinski definition) is 6. The average Bonchev–Trinajstić information content (AvgIpc) is 3.53. The molecule has 3 aliphatic carbocycles. The zero-order chi connectivity index (χ0) is 41.7. The molecule has 1 heterocycles. The summed E-state index contributed by atoms with van der Waals surface area (Å²) >= 11 is 6.33. The Bertz CT molecular complexity index is 2310. The number of aryl methyl sites for hydroxylation is 1. The molecule has 1 fully saturated rings. The molecular weight excluding hydrogens is 770 g/mol. The van der Waals surface area contributed by atoms with Crippen LogP contribution in [0.25, 0.3) is 0 Å². The van der Waals surface area contributed by atoms with Crippen molar-refractivity contribution in [2.45, 2.75) is 108 Å². The Labute approximate surface area is 359 Å². The second kappa shape index (κ2) is 18.1. The molecule has 8 rings (SSSR count). The summed E-state index contributed by atoms with van der Waals surface area (Å²) in [5, 5.41) is 17.8. The molecule has 8 nitrogen and oxygen atoms in total. The minimum atomic E-state index is -1.10. The molecule has 0 radical (unpaired) electrons. The van der Waals surface area contributed by atoms with Crippen LogP contribution in [0.5, 0.6) is 11.5 Å². The lowest BCUT2D eigenvalue weighted by molar-refractivity contribution is -0.144. The first kappa shape index (κ1) is 41.4. The van der Waals surface area contributed by atoms with Crippen LogP contribution in [0.3, 0.4) is 0 Å². The number of aliphatic carboxylic acids is 1. The molecule has 0 bridgehead atoms. The van der Waals surface area contributed by atoms with E-state index in [1.54, 1.807) is 12.1 Å². The molecule has 0 saturated heterocycles. The van der Waals surface area contributed by atoms with Crippen LogP contribution < -0.4 is 20.1 Å². The van der Waals surface area contributed by atoms with Crippen LogP contribution in [0.2, 0.25) is 5.02 Å². The first-order chi connectivity index (χ1) is 29.1. The van der Waals surface area contributed by atoms with Gasteiger partial charge in [0.15, 0.2) is 0 Å². The number of carbonyl (C=O) groups excluding carboxylic acids is 1. The number of fused-ring (bicyclic) bond motifs is 3. The van der Waals surface area contributed by atoms with Crippen LogP contribution in [0.15, 0.2) is 109 Å². The van der Waals surface area contributed by atoms with Gasteiger partial charge < -0.3 is 25.2 Å². The fourth-order valence-corrected chi connectivity index (χ4v) is 10.4. The van der Waals surface area contributed by atoms with Crippen LogP contribution in [0, 0.1) is 11.8 Å². The van der Waals surface area contributed by atoms with Gasteiger partial charge in [-0.25, -0.2) is 4.79 Å². The number of benzene rings is 4. The maximum atomic E-state index is 13.1. The zero-order valence-electron chi connectivity index (χ0n) is 34.7. The highest BCUT2D eigenvalue weighted by molar-refractivity contribution is 6.30. The van der Waals surface area contributed by atoms with E-state index in [9.17, 15) is 14.7 Å². The largest absolute Gasteiger partial charge is 0.493 e. The molecule has 1 spiro atoms. The molecule has 60 heavy (non-hydrogen) atoms. The van der Waals surface area contributed by atoms with Crippen molar-refractivity contribution in [3.05, 3.63) is 153 Å². The SMILES string of the molecule is C[C@@H](COc1ccnc2c1[C@H](C)CCC2)CC1Cc2ccc(OCc3cccc(CNC(=O)Cc4ccccc4)c3)cc2C12CCC(Nc1cccc(Cl)c1)(C(=O)O)CC2. The van der Waals surface area contributed by atoms with Gasteiger partial charge in [0, 0.05) is 34.7 Å². The number of anilines is 1. The standard InChI is InChI=1S/C51H56ClN3O5/c1-34(32-60-46-19-24-53-45-16-6-9-35(2)48(45)46)25-40-28-39-17-18-43(59-33-38-13-7-12-37(26-38)31-54-47(56)27-36-10-4-3-5-11-36)30-44(39)50(40)20-22-51(23-21-50,49(57)58)55-42-15-8-14-41(52)29-42/h3-5,7-8,10-15,17-19,24,26,29-30,34-35,40,55H,6,9,16,20-23,25,27-28,31-33H2,1-2H3,(H,54,56)(H,57,58)/t34-,35-,40?,50?,51?/m1/s1. The fraction of sp³-hybridized carbons (Fsp3) is 0.392. The molecule has 1 amide bonds. The highest BCUT2D eigenvalue weighted by atomic mass is 35.5. The van der Waals surface area contributed by atoms with Crippen LogP contribution >= 0.6 is 11.6 Å². The molecule has 0 aliphatic heterocycles. The summed E-state index contributed by atoms with van der Waals surface area (Å²) in [7, 11) is 0. The van der Waals surface area contributed by atoms with Crippen molar-refractivity contribution < 1.29 is 24.2 Å². The van der Waals surface area contributed by atoms with E-state index in [1.807, 2.05) is 72.9 Å². The number of carboxylic acid groups (broad SMARTS) is 1. The summed E-state index contributed by atoms with van der Waals surface area (Å²) < 4.78 is 13.1. The monoisotopic (exact) mass is 825 g/mol. The van der Waals surface area contributed by atoms with Gasteiger partial charge in [0.1, 0.15) is 23.6 Å². The maximum Gasteiger partial charge on any atom is 0.329 e. The summed E-state index contributed by atoms with van der Waals surface area (Å²) in [5.41, 5.74) is 7.48. The van der Waals surface area contributed by atoms with Gasteiger partial charge in [-0.3, -0.25) is 9.78 Å². The number of aromatic nitrogens is 1. The molecule has 3 atom stereocenters. The summed E-state index contributed by atoms with van der Waals surface area (Å²) in [6, 6.07) is 33.8. The van der Waals surface area contributed by atoms with Gasteiger partial charge >= 0.3 is 5.97 Å². The highest BCUT2D eigenvalue weighted by Gasteiger charge is 2.54. The number of hydrogen-bond donors (Lipinski definition) is 3. The van der Waals surface area contributed by atoms with Crippen molar-refractivity contribution in [1.82, 2.24) is 10.3 Å². The van der Waals surface area contributed by atoms with E-state index in [4.69, 9.17) is 21.1 Å². The highest BCUT2D eigenvalue weighted by Crippen LogP contribution is 2.57. The quantitative estimate of drug-likeness (QED) is 0.0964. The van der Waals surface area contributed by atoms with Crippen molar-refractivity contribution in [3.8, 4) is 11.5 Å². The minimum Gasteiger partial charge on any atom is -0.493 e. The third-order valence-electron chi connectivity index (χ3n) is 13.4. The Morgan fingerprint density at radius 1 is 0.900 bits per heavy atom. The van der Waals surface area contributed by atoms with E-state index < -0.39 is 11.5 Å². The number of nitrogens with zero attached hydrogens (tertiary/aromatic N) is 1. The van der Waals surface area contributed by atoms with Gasteiger partial charge in [0.2, 0.25) is 5.91 Å². The smallest absolute Gasteiger partial charge is 0.329 e. The molecule has 3 aliphatic rings. The Balaban J connectivity index is 0.985. The predicted octanol–water partition coefficient (Wildman–Crippen LogP) is 10.6. The third kappa shape index (κ3) is 9.19. The first-order valence-corrected chi connectivity index (χ1v) is 22.0. The van der Waals surface area contributed by atoms with E-state index in [0.717, 1.165) is 72.4 Å². The van der Waals surface area contributed by atoms with Crippen LogP contribution in [-0.4, -0.2) is 34.1 Å². The topological polar surface area (TPSA) is 110 Å². The molecule has 1 unspecified atom stereocenters. The Hall–Kier alpha value is -5.34. The average molecular weight is 826 g/mol. The number of rotatable bonds is 15. The number of amides is 1. The molecule has 9 heteroatoms. The molecule has 312 valence electrons.